The number of H-pyrrole nitrogens is 1. The van der Waals surface area contributed by atoms with Gasteiger partial charge in [-0.3, -0.25) is 14.3 Å². The second-order valence-corrected chi connectivity index (χ2v) is 6.10. The number of hydrogen-bond donors (Lipinski definition) is 1. The highest BCUT2D eigenvalue weighted by molar-refractivity contribution is 5.94. The lowest BCUT2D eigenvalue weighted by atomic mass is 9.97. The minimum absolute atomic E-state index is 0.124. The highest BCUT2D eigenvalue weighted by Crippen LogP contribution is 2.39. The first kappa shape index (κ1) is 13.5. The summed E-state index contributed by atoms with van der Waals surface area (Å²) in [5.41, 5.74) is 0.495. The van der Waals surface area contributed by atoms with Gasteiger partial charge in [0.2, 0.25) is 0 Å². The largest absolute Gasteiger partial charge is 0.472 e. The van der Waals surface area contributed by atoms with Gasteiger partial charge in [0, 0.05) is 30.8 Å². The lowest BCUT2D eigenvalue weighted by molar-refractivity contribution is 0.0783. The third-order valence-corrected chi connectivity index (χ3v) is 4.51. The summed E-state index contributed by atoms with van der Waals surface area (Å²) in [4.78, 5) is 18.6. The number of halogens is 1. The second kappa shape index (κ2) is 5.23. The van der Waals surface area contributed by atoms with Gasteiger partial charge >= 0.3 is 0 Å². The van der Waals surface area contributed by atoms with Crippen LogP contribution >= 0.6 is 0 Å². The van der Waals surface area contributed by atoms with Gasteiger partial charge in [0.05, 0.1) is 18.5 Å². The minimum atomic E-state index is -0.473. The van der Waals surface area contributed by atoms with Gasteiger partial charge in [-0.05, 0) is 18.9 Å². The van der Waals surface area contributed by atoms with Crippen molar-refractivity contribution in [3.8, 4) is 0 Å². The van der Waals surface area contributed by atoms with E-state index in [0.717, 1.165) is 18.7 Å². The molecule has 116 valence electrons. The van der Waals surface area contributed by atoms with Crippen LogP contribution in [0.5, 0.6) is 0 Å². The van der Waals surface area contributed by atoms with Gasteiger partial charge in [0.15, 0.2) is 5.82 Å². The van der Waals surface area contributed by atoms with E-state index in [2.05, 4.69) is 15.2 Å². The Morgan fingerprint density at radius 2 is 2.32 bits per heavy atom. The van der Waals surface area contributed by atoms with Crippen molar-refractivity contribution in [3.63, 3.8) is 0 Å². The van der Waals surface area contributed by atoms with Gasteiger partial charge in [0.25, 0.3) is 5.91 Å². The van der Waals surface area contributed by atoms with Crippen molar-refractivity contribution in [2.45, 2.75) is 24.7 Å². The van der Waals surface area contributed by atoms with Crippen molar-refractivity contribution in [1.29, 1.82) is 0 Å². The minimum Gasteiger partial charge on any atom is -0.472 e. The Kier molecular flexibility index (Phi) is 3.20. The summed E-state index contributed by atoms with van der Waals surface area (Å²) in [5.74, 6) is 1.49. The molecule has 1 saturated carbocycles. The van der Waals surface area contributed by atoms with Crippen molar-refractivity contribution in [3.05, 3.63) is 35.8 Å². The number of carbonyl (C=O) groups excluding carboxylic acids is 1. The van der Waals surface area contributed by atoms with E-state index in [1.807, 2.05) is 0 Å². The Labute approximate surface area is 126 Å². The van der Waals surface area contributed by atoms with Gasteiger partial charge < -0.3 is 9.32 Å². The summed E-state index contributed by atoms with van der Waals surface area (Å²) in [6.45, 7) is 0.377. The van der Waals surface area contributed by atoms with Crippen LogP contribution in [0.1, 0.15) is 46.7 Å². The number of aromatic amines is 1. The molecule has 2 aromatic heterocycles. The zero-order valence-electron chi connectivity index (χ0n) is 12.0. The molecule has 4 rings (SSSR count). The van der Waals surface area contributed by atoms with Crippen molar-refractivity contribution in [1.82, 2.24) is 20.1 Å². The van der Waals surface area contributed by atoms with E-state index in [4.69, 9.17) is 4.42 Å². The third kappa shape index (κ3) is 2.30. The number of likely N-dealkylation sites (tertiary alicyclic amines) is 1. The molecule has 1 aliphatic carbocycles. The maximum absolute atomic E-state index is 13.4. The maximum atomic E-state index is 13.4. The van der Waals surface area contributed by atoms with E-state index in [1.165, 1.54) is 12.5 Å². The smallest absolute Gasteiger partial charge is 0.257 e. The van der Waals surface area contributed by atoms with Gasteiger partial charge in [-0.1, -0.05) is 0 Å². The van der Waals surface area contributed by atoms with E-state index in [0.29, 0.717) is 30.4 Å². The molecule has 22 heavy (non-hydrogen) atoms. The van der Waals surface area contributed by atoms with Crippen LogP contribution in [0.25, 0.3) is 0 Å². The number of furan rings is 1. The fourth-order valence-electron chi connectivity index (χ4n) is 3.05. The molecule has 0 spiro atoms. The highest BCUT2D eigenvalue weighted by atomic mass is 19.1. The Bertz CT molecular complexity index is 665. The first-order valence-electron chi connectivity index (χ1n) is 7.56. The van der Waals surface area contributed by atoms with Crippen molar-refractivity contribution >= 4 is 5.91 Å². The molecule has 7 heteroatoms. The Hall–Kier alpha value is -2.18. The Balaban J connectivity index is 1.53. The molecule has 2 aliphatic rings. The number of rotatable bonds is 4. The molecule has 0 unspecified atom stereocenters. The molecular formula is C15H17FN4O2. The summed E-state index contributed by atoms with van der Waals surface area (Å²) in [6, 6.07) is 1.62. The second-order valence-electron chi connectivity index (χ2n) is 6.10. The summed E-state index contributed by atoms with van der Waals surface area (Å²) >= 11 is 0. The summed E-state index contributed by atoms with van der Waals surface area (Å²) in [7, 11) is 0. The molecule has 3 heterocycles. The first-order chi connectivity index (χ1) is 10.8. The van der Waals surface area contributed by atoms with E-state index in [9.17, 15) is 9.18 Å². The molecule has 2 aromatic rings. The number of amides is 1. The van der Waals surface area contributed by atoms with E-state index in [1.54, 1.807) is 11.0 Å². The molecule has 1 saturated heterocycles. The third-order valence-electron chi connectivity index (χ3n) is 4.51. The molecule has 2 atom stereocenters. The number of nitrogens with one attached hydrogen (secondary N) is 1. The van der Waals surface area contributed by atoms with Crippen LogP contribution in [0.15, 0.2) is 23.0 Å². The molecule has 0 bridgehead atoms. The molecule has 1 amide bonds. The fourth-order valence-corrected chi connectivity index (χ4v) is 3.05. The number of hydrogen-bond acceptors (Lipinski definition) is 4. The standard InChI is InChI=1S/C15H17FN4O2/c16-5-11-6-20(15(21)10-3-4-22-8-10)7-12(11)14-17-13(18-19-14)9-1-2-9/h3-4,8-9,11-12H,1-2,5-7H2,(H,17,18,19)/t11-,12-/m1/s1. The molecule has 1 N–H and O–H groups in total. The average Bonchev–Trinajstić information content (AvgIpc) is 3.02. The van der Waals surface area contributed by atoms with Crippen LogP contribution in [-0.2, 0) is 0 Å². The fraction of sp³-hybridized carbons (Fsp3) is 0.533. The van der Waals surface area contributed by atoms with Gasteiger partial charge in [-0.15, -0.1) is 0 Å². The predicted molar refractivity (Wildman–Crippen MR) is 75.2 cm³/mol. The van der Waals surface area contributed by atoms with Crippen LogP contribution in [0.3, 0.4) is 0 Å². The summed E-state index contributed by atoms with van der Waals surface area (Å²) < 4.78 is 18.3. The van der Waals surface area contributed by atoms with Gasteiger partial charge in [-0.25, -0.2) is 4.98 Å². The molecule has 2 fully saturated rings. The zero-order chi connectivity index (χ0) is 15.1. The Morgan fingerprint density at radius 3 is 3.00 bits per heavy atom. The van der Waals surface area contributed by atoms with Gasteiger partial charge in [-0.2, -0.15) is 5.10 Å². The topological polar surface area (TPSA) is 75.0 Å². The van der Waals surface area contributed by atoms with Crippen LogP contribution in [0.2, 0.25) is 0 Å². The number of carbonyl (C=O) groups is 1. The zero-order valence-corrected chi connectivity index (χ0v) is 12.0. The number of alkyl halides is 1. The van der Waals surface area contributed by atoms with Crippen LogP contribution in [0.4, 0.5) is 4.39 Å². The molecule has 6 nitrogen and oxygen atoms in total. The quantitative estimate of drug-likeness (QED) is 0.938. The maximum Gasteiger partial charge on any atom is 0.257 e. The van der Waals surface area contributed by atoms with Crippen molar-refractivity contribution in [2.75, 3.05) is 19.8 Å². The normalized spacial score (nSPS) is 24.9. The highest BCUT2D eigenvalue weighted by Gasteiger charge is 2.39. The summed E-state index contributed by atoms with van der Waals surface area (Å²) in [5, 5.41) is 7.18. The lowest BCUT2D eigenvalue weighted by Crippen LogP contribution is -2.28. The monoisotopic (exact) mass is 304 g/mol. The first-order valence-corrected chi connectivity index (χ1v) is 7.56. The van der Waals surface area contributed by atoms with Crippen LogP contribution < -0.4 is 0 Å². The molecule has 0 aromatic carbocycles. The van der Waals surface area contributed by atoms with Crippen LogP contribution in [0, 0.1) is 5.92 Å². The van der Waals surface area contributed by atoms with E-state index in [-0.39, 0.29) is 17.7 Å². The van der Waals surface area contributed by atoms with Crippen molar-refractivity contribution in [2.24, 2.45) is 5.92 Å². The molecule has 0 radical (unpaired) electrons. The summed E-state index contributed by atoms with van der Waals surface area (Å²) in [6.07, 6.45) is 5.13. The van der Waals surface area contributed by atoms with Gasteiger partial charge in [0.1, 0.15) is 12.1 Å². The average molecular weight is 304 g/mol. The number of aromatic nitrogens is 3. The number of nitrogens with zero attached hydrogens (tertiary/aromatic N) is 3. The SMILES string of the molecule is O=C(c1ccoc1)N1C[C@@H](CF)[C@H](c2nc(C3CC3)n[nH]2)C1. The Morgan fingerprint density at radius 1 is 1.45 bits per heavy atom. The molecular weight excluding hydrogens is 287 g/mol. The van der Waals surface area contributed by atoms with Crippen LogP contribution in [-0.4, -0.2) is 45.8 Å². The lowest BCUT2D eigenvalue weighted by Gasteiger charge is -2.14. The van der Waals surface area contributed by atoms with E-state index < -0.39 is 6.67 Å². The van der Waals surface area contributed by atoms with E-state index >= 15 is 0 Å². The predicted octanol–water partition coefficient (Wildman–Crippen LogP) is 2.10. The molecule has 1 aliphatic heterocycles. The van der Waals surface area contributed by atoms with Crippen molar-refractivity contribution < 1.29 is 13.6 Å².